The van der Waals surface area contributed by atoms with E-state index in [1.165, 1.54) is 0 Å². The van der Waals surface area contributed by atoms with E-state index < -0.39 is 5.41 Å². The van der Waals surface area contributed by atoms with Gasteiger partial charge in [-0.3, -0.25) is 19.2 Å². The second kappa shape index (κ2) is 11.3. The molecule has 1 aromatic rings. The van der Waals surface area contributed by atoms with Crippen molar-refractivity contribution in [3.63, 3.8) is 0 Å². The van der Waals surface area contributed by atoms with Crippen molar-refractivity contribution in [1.82, 2.24) is 20.4 Å². The van der Waals surface area contributed by atoms with Gasteiger partial charge in [-0.05, 0) is 56.2 Å². The summed E-state index contributed by atoms with van der Waals surface area (Å²) in [5.41, 5.74) is -0.00563. The number of nitrogens with zero attached hydrogens (tertiary/aromatic N) is 2. The number of rotatable bonds is 2. The Morgan fingerprint density at radius 2 is 1.81 bits per heavy atom. The highest BCUT2D eigenvalue weighted by molar-refractivity contribution is 5.95. The predicted octanol–water partition coefficient (Wildman–Crippen LogP) is 1.96. The van der Waals surface area contributed by atoms with E-state index in [9.17, 15) is 19.2 Å². The Kier molecular flexibility index (Phi) is 8.16. The molecule has 0 bridgehead atoms. The number of methoxy groups -OCH3 is 1. The van der Waals surface area contributed by atoms with Crippen LogP contribution >= 0.6 is 0 Å². The van der Waals surface area contributed by atoms with Crippen molar-refractivity contribution in [2.24, 2.45) is 11.3 Å². The van der Waals surface area contributed by atoms with Crippen LogP contribution in [0.1, 0.15) is 62.2 Å². The Balaban J connectivity index is 1.41. The average Bonchev–Trinajstić information content (AvgIpc) is 2.89. The number of nitrogens with one attached hydrogen (secondary N) is 2. The molecule has 4 amide bonds. The van der Waals surface area contributed by atoms with Gasteiger partial charge in [0.1, 0.15) is 5.75 Å². The first-order chi connectivity index (χ1) is 17.3. The molecule has 3 aliphatic heterocycles. The van der Waals surface area contributed by atoms with E-state index in [4.69, 9.17) is 4.74 Å². The highest BCUT2D eigenvalue weighted by Gasteiger charge is 2.42. The molecule has 9 nitrogen and oxygen atoms in total. The van der Waals surface area contributed by atoms with Crippen molar-refractivity contribution in [2.45, 2.75) is 57.9 Å². The summed E-state index contributed by atoms with van der Waals surface area (Å²) in [5, 5.41) is 5.99. The fraction of sp³-hybridized carbons (Fsp3) is 0.630. The molecule has 4 rings (SSSR count). The minimum absolute atomic E-state index is 0.0317. The summed E-state index contributed by atoms with van der Waals surface area (Å²) in [6, 6.07) is 7.15. The number of amides is 4. The minimum Gasteiger partial charge on any atom is -0.497 e. The molecule has 0 saturated carbocycles. The molecule has 36 heavy (non-hydrogen) atoms. The van der Waals surface area contributed by atoms with E-state index in [0.717, 1.165) is 32.1 Å². The highest BCUT2D eigenvalue weighted by Crippen LogP contribution is 2.38. The normalized spacial score (nSPS) is 25.1. The van der Waals surface area contributed by atoms with Gasteiger partial charge >= 0.3 is 0 Å². The van der Waals surface area contributed by atoms with Crippen LogP contribution < -0.4 is 15.4 Å². The highest BCUT2D eigenvalue weighted by atomic mass is 16.5. The fourth-order valence-electron chi connectivity index (χ4n) is 5.94. The van der Waals surface area contributed by atoms with Crippen molar-refractivity contribution < 1.29 is 23.9 Å². The molecule has 3 saturated heterocycles. The molecule has 3 heterocycles. The largest absolute Gasteiger partial charge is 0.497 e. The Labute approximate surface area is 212 Å². The summed E-state index contributed by atoms with van der Waals surface area (Å²) in [6.45, 7) is 3.85. The van der Waals surface area contributed by atoms with E-state index in [0.29, 0.717) is 50.3 Å². The minimum atomic E-state index is -0.581. The summed E-state index contributed by atoms with van der Waals surface area (Å²) >= 11 is 0. The van der Waals surface area contributed by atoms with Gasteiger partial charge < -0.3 is 25.2 Å². The molecule has 0 aliphatic carbocycles. The number of fused-ring (bicyclic) bond motifs is 1. The van der Waals surface area contributed by atoms with E-state index in [-0.39, 0.29) is 42.1 Å². The molecular formula is C27H38N4O5. The van der Waals surface area contributed by atoms with Crippen molar-refractivity contribution in [3.8, 4) is 5.75 Å². The van der Waals surface area contributed by atoms with Gasteiger partial charge in [0, 0.05) is 44.7 Å². The second-order valence-electron chi connectivity index (χ2n) is 10.4. The Bertz CT molecular complexity index is 988. The topological polar surface area (TPSA) is 108 Å². The maximum atomic E-state index is 13.3. The molecule has 196 valence electrons. The van der Waals surface area contributed by atoms with Gasteiger partial charge in [-0.15, -0.1) is 0 Å². The van der Waals surface area contributed by atoms with Crippen LogP contribution in [0.15, 0.2) is 24.3 Å². The number of likely N-dealkylation sites (tertiary alicyclic amines) is 2. The first-order valence-corrected chi connectivity index (χ1v) is 13.1. The Hall–Kier alpha value is -3.10. The lowest BCUT2D eigenvalue weighted by Gasteiger charge is -2.42. The van der Waals surface area contributed by atoms with Crippen molar-refractivity contribution >= 4 is 23.6 Å². The molecule has 1 aromatic carbocycles. The first kappa shape index (κ1) is 26.0. The Morgan fingerprint density at radius 1 is 1.03 bits per heavy atom. The lowest BCUT2D eigenvalue weighted by atomic mass is 9.73. The van der Waals surface area contributed by atoms with Crippen LogP contribution in [0.4, 0.5) is 0 Å². The van der Waals surface area contributed by atoms with Crippen LogP contribution in [0.25, 0.3) is 0 Å². The van der Waals surface area contributed by atoms with Crippen LogP contribution in [0.3, 0.4) is 0 Å². The number of ether oxygens (including phenoxy) is 1. The van der Waals surface area contributed by atoms with E-state index in [1.807, 2.05) is 4.90 Å². The molecule has 1 spiro atoms. The van der Waals surface area contributed by atoms with Gasteiger partial charge in [0.05, 0.1) is 19.1 Å². The number of piperidine rings is 2. The standard InChI is InChI=1S/C27H38N4O5/c1-19(32)31-13-9-23-21(18-31)6-3-4-10-27(26(35)28-17-24(33)29-23)11-14-30(15-12-27)25(34)20-7-5-8-22(16-20)36-2/h5,7-8,16,21,23H,3-4,6,9-15,17-18H2,1-2H3,(H,28,35)(H,29,33)/t21-,23+/m0/s1. The average molecular weight is 499 g/mol. The zero-order valence-electron chi connectivity index (χ0n) is 21.4. The number of carbonyl (C=O) groups excluding carboxylic acids is 4. The number of carbonyl (C=O) groups is 4. The summed E-state index contributed by atoms with van der Waals surface area (Å²) in [5.74, 6) is 0.603. The molecule has 0 unspecified atom stereocenters. The second-order valence-corrected chi connectivity index (χ2v) is 10.4. The number of hydrogen-bond donors (Lipinski definition) is 2. The van der Waals surface area contributed by atoms with Gasteiger partial charge in [0.25, 0.3) is 5.91 Å². The van der Waals surface area contributed by atoms with E-state index in [1.54, 1.807) is 43.2 Å². The maximum absolute atomic E-state index is 13.3. The van der Waals surface area contributed by atoms with Gasteiger partial charge in [0.15, 0.2) is 0 Å². The monoisotopic (exact) mass is 498 g/mol. The lowest BCUT2D eigenvalue weighted by Crippen LogP contribution is -2.55. The van der Waals surface area contributed by atoms with E-state index >= 15 is 0 Å². The molecule has 0 aromatic heterocycles. The molecule has 0 radical (unpaired) electrons. The molecule has 3 fully saturated rings. The van der Waals surface area contributed by atoms with Gasteiger partial charge in [-0.1, -0.05) is 18.9 Å². The molecular weight excluding hydrogens is 460 g/mol. The zero-order chi connectivity index (χ0) is 25.7. The van der Waals surface area contributed by atoms with Crippen molar-refractivity contribution in [1.29, 1.82) is 0 Å². The molecule has 2 atom stereocenters. The maximum Gasteiger partial charge on any atom is 0.253 e. The summed E-state index contributed by atoms with van der Waals surface area (Å²) in [4.78, 5) is 54.6. The van der Waals surface area contributed by atoms with E-state index in [2.05, 4.69) is 10.6 Å². The number of hydrogen-bond acceptors (Lipinski definition) is 5. The van der Waals surface area contributed by atoms with Crippen LogP contribution in [0, 0.1) is 11.3 Å². The van der Waals surface area contributed by atoms with Crippen LogP contribution in [0.2, 0.25) is 0 Å². The van der Waals surface area contributed by atoms with Crippen LogP contribution in [-0.4, -0.2) is 79.3 Å². The van der Waals surface area contributed by atoms with Crippen LogP contribution in [0.5, 0.6) is 5.75 Å². The van der Waals surface area contributed by atoms with Gasteiger partial charge in [0.2, 0.25) is 17.7 Å². The lowest BCUT2D eigenvalue weighted by molar-refractivity contribution is -0.137. The molecule has 2 N–H and O–H groups in total. The van der Waals surface area contributed by atoms with Gasteiger partial charge in [-0.2, -0.15) is 0 Å². The quantitative estimate of drug-likeness (QED) is 0.648. The first-order valence-electron chi connectivity index (χ1n) is 13.1. The third kappa shape index (κ3) is 5.82. The third-order valence-corrected chi connectivity index (χ3v) is 8.22. The SMILES string of the molecule is COc1cccc(C(=O)N2CCC3(CCCC[C@H]4CN(C(C)=O)CC[C@H]4NC(=O)CNC3=O)CC2)c1. The van der Waals surface area contributed by atoms with Crippen molar-refractivity contribution in [3.05, 3.63) is 29.8 Å². The summed E-state index contributed by atoms with van der Waals surface area (Å²) in [6.07, 6.45) is 5.35. The molecule has 3 aliphatic rings. The van der Waals surface area contributed by atoms with Crippen molar-refractivity contribution in [2.75, 3.05) is 39.8 Å². The fourth-order valence-corrected chi connectivity index (χ4v) is 5.94. The summed E-state index contributed by atoms with van der Waals surface area (Å²) < 4.78 is 5.25. The third-order valence-electron chi connectivity index (χ3n) is 8.22. The molecule has 9 heteroatoms. The number of benzene rings is 1. The Morgan fingerprint density at radius 3 is 2.53 bits per heavy atom. The zero-order valence-corrected chi connectivity index (χ0v) is 21.4. The predicted molar refractivity (Wildman–Crippen MR) is 134 cm³/mol. The smallest absolute Gasteiger partial charge is 0.253 e. The van der Waals surface area contributed by atoms with Gasteiger partial charge in [-0.25, -0.2) is 0 Å². The summed E-state index contributed by atoms with van der Waals surface area (Å²) in [7, 11) is 1.57. The van der Waals surface area contributed by atoms with Crippen LogP contribution in [-0.2, 0) is 14.4 Å².